The molecular formula is C20H24FN3O. The lowest BCUT2D eigenvalue weighted by Gasteiger charge is -2.36. The van der Waals surface area contributed by atoms with Gasteiger partial charge < -0.3 is 10.2 Å². The first-order valence-electron chi connectivity index (χ1n) is 8.93. The highest BCUT2D eigenvalue weighted by atomic mass is 19.1. The minimum Gasteiger partial charge on any atom is -0.354 e. The van der Waals surface area contributed by atoms with Crippen LogP contribution < -0.4 is 10.2 Å². The van der Waals surface area contributed by atoms with Crippen molar-refractivity contribution in [1.29, 1.82) is 0 Å². The molecule has 2 aromatic rings. The number of benzene rings is 1. The summed E-state index contributed by atoms with van der Waals surface area (Å²) >= 11 is 0. The van der Waals surface area contributed by atoms with Crippen LogP contribution in [-0.4, -0.2) is 23.5 Å². The number of pyridine rings is 1. The Kier molecular flexibility index (Phi) is 5.64. The Hall–Kier alpha value is -2.43. The van der Waals surface area contributed by atoms with Crippen molar-refractivity contribution in [1.82, 2.24) is 4.98 Å². The number of halogens is 1. The SMILES string of the molecule is CCC1CCCCN1c1ccc(NC(=O)Cc2ccccc2F)cn1. The van der Waals surface area contributed by atoms with Crippen molar-refractivity contribution in [2.75, 3.05) is 16.8 Å². The Labute approximate surface area is 148 Å². The molecule has 1 saturated heterocycles. The minimum absolute atomic E-state index is 0.0124. The Morgan fingerprint density at radius 1 is 1.28 bits per heavy atom. The number of piperidine rings is 1. The number of hydrogen-bond donors (Lipinski definition) is 1. The summed E-state index contributed by atoms with van der Waals surface area (Å²) in [6.45, 7) is 3.24. The van der Waals surface area contributed by atoms with Crippen LogP contribution in [0.1, 0.15) is 38.2 Å². The van der Waals surface area contributed by atoms with E-state index in [1.165, 1.54) is 25.3 Å². The summed E-state index contributed by atoms with van der Waals surface area (Å²) < 4.78 is 13.6. The lowest BCUT2D eigenvalue weighted by atomic mass is 10.00. The number of nitrogens with one attached hydrogen (secondary N) is 1. The zero-order valence-corrected chi connectivity index (χ0v) is 14.5. The molecule has 0 bridgehead atoms. The number of carbonyl (C=O) groups is 1. The molecule has 5 heteroatoms. The van der Waals surface area contributed by atoms with Gasteiger partial charge in [-0.25, -0.2) is 9.37 Å². The smallest absolute Gasteiger partial charge is 0.228 e. The highest BCUT2D eigenvalue weighted by molar-refractivity contribution is 5.92. The summed E-state index contributed by atoms with van der Waals surface area (Å²) in [4.78, 5) is 19.0. The number of anilines is 2. The summed E-state index contributed by atoms with van der Waals surface area (Å²) in [5.41, 5.74) is 1.03. The van der Waals surface area contributed by atoms with E-state index in [-0.39, 0.29) is 18.1 Å². The van der Waals surface area contributed by atoms with Gasteiger partial charge >= 0.3 is 0 Å². The van der Waals surface area contributed by atoms with E-state index in [4.69, 9.17) is 0 Å². The second-order valence-electron chi connectivity index (χ2n) is 6.47. The largest absolute Gasteiger partial charge is 0.354 e. The fourth-order valence-electron chi connectivity index (χ4n) is 3.38. The predicted molar refractivity (Wildman–Crippen MR) is 98.2 cm³/mol. The summed E-state index contributed by atoms with van der Waals surface area (Å²) in [6, 6.07) is 10.7. The van der Waals surface area contributed by atoms with E-state index >= 15 is 0 Å². The molecule has 2 heterocycles. The quantitative estimate of drug-likeness (QED) is 0.888. The average Bonchev–Trinajstić information content (AvgIpc) is 2.64. The van der Waals surface area contributed by atoms with Gasteiger partial charge in [0.25, 0.3) is 0 Å². The van der Waals surface area contributed by atoms with Gasteiger partial charge in [0.1, 0.15) is 11.6 Å². The Morgan fingerprint density at radius 2 is 2.12 bits per heavy atom. The first-order chi connectivity index (χ1) is 12.2. The van der Waals surface area contributed by atoms with Crippen LogP contribution in [0.15, 0.2) is 42.6 Å². The van der Waals surface area contributed by atoms with Gasteiger partial charge in [0.05, 0.1) is 18.3 Å². The van der Waals surface area contributed by atoms with Crippen molar-refractivity contribution >= 4 is 17.4 Å². The van der Waals surface area contributed by atoms with Crippen molar-refractivity contribution < 1.29 is 9.18 Å². The molecule has 0 radical (unpaired) electrons. The van der Waals surface area contributed by atoms with Crippen LogP contribution in [0.25, 0.3) is 0 Å². The number of hydrogen-bond acceptors (Lipinski definition) is 3. The monoisotopic (exact) mass is 341 g/mol. The number of rotatable bonds is 5. The highest BCUT2D eigenvalue weighted by Crippen LogP contribution is 2.25. The lowest BCUT2D eigenvalue weighted by Crippen LogP contribution is -2.39. The molecule has 0 aliphatic carbocycles. The minimum atomic E-state index is -0.359. The van der Waals surface area contributed by atoms with E-state index in [9.17, 15) is 9.18 Å². The van der Waals surface area contributed by atoms with Crippen LogP contribution in [0, 0.1) is 5.82 Å². The molecule has 0 saturated carbocycles. The topological polar surface area (TPSA) is 45.2 Å². The van der Waals surface area contributed by atoms with Gasteiger partial charge in [0.2, 0.25) is 5.91 Å². The van der Waals surface area contributed by atoms with Crippen LogP contribution in [0.5, 0.6) is 0 Å². The molecule has 1 unspecified atom stereocenters. The van der Waals surface area contributed by atoms with Crippen LogP contribution >= 0.6 is 0 Å². The molecule has 1 N–H and O–H groups in total. The first-order valence-corrected chi connectivity index (χ1v) is 8.93. The molecule has 1 fully saturated rings. The van der Waals surface area contributed by atoms with Crippen molar-refractivity contribution in [3.8, 4) is 0 Å². The normalized spacial score (nSPS) is 17.4. The van der Waals surface area contributed by atoms with E-state index in [2.05, 4.69) is 22.1 Å². The molecule has 1 atom stereocenters. The molecule has 1 aromatic carbocycles. The molecule has 1 amide bonds. The van der Waals surface area contributed by atoms with E-state index in [1.54, 1.807) is 24.4 Å². The summed E-state index contributed by atoms with van der Waals surface area (Å²) in [7, 11) is 0. The second kappa shape index (κ2) is 8.10. The molecule has 1 aromatic heterocycles. The Balaban J connectivity index is 1.62. The first kappa shape index (κ1) is 17.4. The Bertz CT molecular complexity index is 717. The fourth-order valence-corrected chi connectivity index (χ4v) is 3.38. The van der Waals surface area contributed by atoms with E-state index < -0.39 is 0 Å². The molecular weight excluding hydrogens is 317 g/mol. The standard InChI is InChI=1S/C20H24FN3O/c1-2-17-8-5-6-12-24(17)19-11-10-16(14-22-19)23-20(25)13-15-7-3-4-9-18(15)21/h3-4,7,9-11,14,17H,2,5-6,8,12-13H2,1H3,(H,23,25). The Morgan fingerprint density at radius 3 is 2.84 bits per heavy atom. The zero-order chi connectivity index (χ0) is 17.6. The molecule has 3 rings (SSSR count). The number of nitrogens with zero attached hydrogens (tertiary/aromatic N) is 2. The van der Waals surface area contributed by atoms with Gasteiger partial charge in [-0.2, -0.15) is 0 Å². The maximum Gasteiger partial charge on any atom is 0.228 e. The van der Waals surface area contributed by atoms with Crippen LogP contribution in [0.4, 0.5) is 15.9 Å². The average molecular weight is 341 g/mol. The van der Waals surface area contributed by atoms with Crippen LogP contribution in [0.3, 0.4) is 0 Å². The molecule has 4 nitrogen and oxygen atoms in total. The highest BCUT2D eigenvalue weighted by Gasteiger charge is 2.21. The third-order valence-electron chi connectivity index (χ3n) is 4.73. The van der Waals surface area contributed by atoms with Crippen LogP contribution in [0.2, 0.25) is 0 Å². The molecule has 1 aliphatic rings. The van der Waals surface area contributed by atoms with Crippen molar-refractivity contribution in [3.05, 3.63) is 54.0 Å². The van der Waals surface area contributed by atoms with E-state index in [0.717, 1.165) is 18.8 Å². The second-order valence-corrected chi connectivity index (χ2v) is 6.47. The summed E-state index contributed by atoms with van der Waals surface area (Å²) in [5.74, 6) is 0.351. The van der Waals surface area contributed by atoms with E-state index in [1.807, 2.05) is 12.1 Å². The van der Waals surface area contributed by atoms with Gasteiger partial charge in [-0.05, 0) is 49.4 Å². The lowest BCUT2D eigenvalue weighted by molar-refractivity contribution is -0.115. The maximum absolute atomic E-state index is 13.6. The number of amides is 1. The summed E-state index contributed by atoms with van der Waals surface area (Å²) in [5, 5.41) is 2.79. The molecule has 0 spiro atoms. The summed E-state index contributed by atoms with van der Waals surface area (Å²) in [6.07, 6.45) is 6.48. The van der Waals surface area contributed by atoms with Gasteiger partial charge in [-0.15, -0.1) is 0 Å². The number of carbonyl (C=O) groups excluding carboxylic acids is 1. The molecule has 132 valence electrons. The van der Waals surface area contributed by atoms with Crippen molar-refractivity contribution in [2.45, 2.75) is 45.1 Å². The molecule has 25 heavy (non-hydrogen) atoms. The van der Waals surface area contributed by atoms with Crippen LogP contribution in [-0.2, 0) is 11.2 Å². The van der Waals surface area contributed by atoms with Gasteiger partial charge in [0.15, 0.2) is 0 Å². The van der Waals surface area contributed by atoms with E-state index in [0.29, 0.717) is 17.3 Å². The van der Waals surface area contributed by atoms with Crippen molar-refractivity contribution in [2.24, 2.45) is 0 Å². The fraction of sp³-hybridized carbons (Fsp3) is 0.400. The maximum atomic E-state index is 13.6. The zero-order valence-electron chi connectivity index (χ0n) is 14.5. The van der Waals surface area contributed by atoms with Gasteiger partial charge in [0, 0.05) is 12.6 Å². The third kappa shape index (κ3) is 4.35. The predicted octanol–water partition coefficient (Wildman–Crippen LogP) is 4.17. The van der Waals surface area contributed by atoms with Gasteiger partial charge in [-0.3, -0.25) is 4.79 Å². The van der Waals surface area contributed by atoms with Crippen molar-refractivity contribution in [3.63, 3.8) is 0 Å². The molecule has 1 aliphatic heterocycles. The third-order valence-corrected chi connectivity index (χ3v) is 4.73. The van der Waals surface area contributed by atoms with Gasteiger partial charge in [-0.1, -0.05) is 25.1 Å². The number of aromatic nitrogens is 1.